The summed E-state index contributed by atoms with van der Waals surface area (Å²) >= 11 is 0. The Hall–Kier alpha value is -3.48. The summed E-state index contributed by atoms with van der Waals surface area (Å²) in [4.78, 5) is 82.1. The molecule has 2 aliphatic heterocycles. The molecule has 0 aliphatic carbocycles. The summed E-state index contributed by atoms with van der Waals surface area (Å²) in [5.74, 6) is -7.25. The SMILES string of the molecule is O.O=C1NC(=O)C(=O)C(=O)N1.O=C1NC(=O)C(=O)C(=O)N1. The number of carbonyl (C=O) groups excluding carboxylic acids is 8. The zero-order valence-corrected chi connectivity index (χ0v) is 9.77. The molecule has 21 heavy (non-hydrogen) atoms. The second-order valence-corrected chi connectivity index (χ2v) is 3.13. The van der Waals surface area contributed by atoms with E-state index in [1.807, 2.05) is 0 Å². The Morgan fingerprint density at radius 3 is 0.810 bits per heavy atom. The van der Waals surface area contributed by atoms with Crippen LogP contribution in [0.25, 0.3) is 0 Å². The zero-order valence-electron chi connectivity index (χ0n) is 9.77. The van der Waals surface area contributed by atoms with Gasteiger partial charge in [-0.15, -0.1) is 0 Å². The van der Waals surface area contributed by atoms with Crippen LogP contribution in [0, 0.1) is 0 Å². The topological polar surface area (TPSA) is 216 Å². The molecule has 0 aromatic heterocycles. The van der Waals surface area contributed by atoms with Gasteiger partial charge < -0.3 is 5.48 Å². The summed E-state index contributed by atoms with van der Waals surface area (Å²) < 4.78 is 0. The van der Waals surface area contributed by atoms with E-state index in [4.69, 9.17) is 0 Å². The van der Waals surface area contributed by atoms with Crippen LogP contribution in [0.4, 0.5) is 9.59 Å². The summed E-state index contributed by atoms with van der Waals surface area (Å²) in [6.07, 6.45) is 0. The number of Topliss-reactive ketones (excluding diaryl/α,β-unsaturated/α-hetero) is 2. The predicted octanol–water partition coefficient (Wildman–Crippen LogP) is -4.98. The van der Waals surface area contributed by atoms with Crippen molar-refractivity contribution in [3.63, 3.8) is 0 Å². The third-order valence-corrected chi connectivity index (χ3v) is 1.73. The lowest BCUT2D eigenvalue weighted by molar-refractivity contribution is -0.146. The molecule has 13 nitrogen and oxygen atoms in total. The number of hydrogen-bond donors (Lipinski definition) is 4. The van der Waals surface area contributed by atoms with Crippen LogP contribution in [-0.4, -0.2) is 52.7 Å². The van der Waals surface area contributed by atoms with Gasteiger partial charge in [-0.25, -0.2) is 9.59 Å². The van der Waals surface area contributed by atoms with Gasteiger partial charge in [-0.05, 0) is 0 Å². The normalized spacial score (nSPS) is 17.5. The molecular weight excluding hydrogens is 296 g/mol. The van der Waals surface area contributed by atoms with Crippen molar-refractivity contribution in [1.29, 1.82) is 0 Å². The lowest BCUT2D eigenvalue weighted by Gasteiger charge is -2.07. The van der Waals surface area contributed by atoms with Crippen molar-refractivity contribution in [2.75, 3.05) is 0 Å². The van der Waals surface area contributed by atoms with E-state index in [1.165, 1.54) is 0 Å². The molecule has 2 heterocycles. The standard InChI is InChI=1S/2C4H2N2O4.H2O/c2*7-1-2(8)5-4(10)6-3(1)9;/h2*(H2,5,6,8,9,10);1H2. The molecule has 0 spiro atoms. The van der Waals surface area contributed by atoms with Crippen LogP contribution in [0.2, 0.25) is 0 Å². The van der Waals surface area contributed by atoms with Crippen molar-refractivity contribution < 1.29 is 43.8 Å². The Morgan fingerprint density at radius 1 is 0.429 bits per heavy atom. The summed E-state index contributed by atoms with van der Waals surface area (Å²) in [5.41, 5.74) is 0. The Bertz CT molecular complexity index is 497. The molecule has 2 saturated heterocycles. The molecule has 0 bridgehead atoms. The molecule has 13 heteroatoms. The molecule has 0 aromatic carbocycles. The average Bonchev–Trinajstić information content (AvgIpc) is 2.33. The second kappa shape index (κ2) is 6.62. The summed E-state index contributed by atoms with van der Waals surface area (Å²) in [6.45, 7) is 0. The summed E-state index contributed by atoms with van der Waals surface area (Å²) in [7, 11) is 0. The van der Waals surface area contributed by atoms with Gasteiger partial charge >= 0.3 is 47.3 Å². The maximum atomic E-state index is 10.3. The number of barbiturate groups is 2. The van der Waals surface area contributed by atoms with Crippen molar-refractivity contribution in [1.82, 2.24) is 21.3 Å². The number of urea groups is 2. The molecule has 0 radical (unpaired) electrons. The van der Waals surface area contributed by atoms with Crippen LogP contribution >= 0.6 is 0 Å². The molecule has 2 aliphatic rings. The first-order valence-electron chi connectivity index (χ1n) is 4.63. The molecule has 6 N–H and O–H groups in total. The largest absolute Gasteiger partial charge is 0.412 e. The van der Waals surface area contributed by atoms with Gasteiger partial charge in [-0.2, -0.15) is 0 Å². The van der Waals surface area contributed by atoms with Gasteiger partial charge in [0, 0.05) is 0 Å². The van der Waals surface area contributed by atoms with Gasteiger partial charge in [0.1, 0.15) is 0 Å². The molecule has 112 valence electrons. The first-order valence-corrected chi connectivity index (χ1v) is 4.63. The highest BCUT2D eigenvalue weighted by atomic mass is 16.2. The maximum Gasteiger partial charge on any atom is 0.328 e. The van der Waals surface area contributed by atoms with Crippen LogP contribution in [0.5, 0.6) is 0 Å². The van der Waals surface area contributed by atoms with Crippen LogP contribution in [0.15, 0.2) is 0 Å². The number of ketones is 2. The highest BCUT2D eigenvalue weighted by molar-refractivity contribution is 6.67. The number of imide groups is 4. The average molecular weight is 302 g/mol. The van der Waals surface area contributed by atoms with Gasteiger partial charge in [-0.1, -0.05) is 0 Å². The molecular formula is C8H6N4O9. The second-order valence-electron chi connectivity index (χ2n) is 3.13. The fourth-order valence-corrected chi connectivity index (χ4v) is 0.908. The monoisotopic (exact) mass is 302 g/mol. The molecule has 2 fully saturated rings. The highest BCUT2D eigenvalue weighted by Crippen LogP contribution is 1.82. The van der Waals surface area contributed by atoms with E-state index in [2.05, 4.69) is 0 Å². The van der Waals surface area contributed by atoms with E-state index in [1.54, 1.807) is 21.3 Å². The summed E-state index contributed by atoms with van der Waals surface area (Å²) in [6, 6.07) is -1.93. The van der Waals surface area contributed by atoms with Crippen molar-refractivity contribution in [2.24, 2.45) is 0 Å². The van der Waals surface area contributed by atoms with Crippen LogP contribution < -0.4 is 21.3 Å². The van der Waals surface area contributed by atoms with Gasteiger partial charge in [0.05, 0.1) is 0 Å². The van der Waals surface area contributed by atoms with E-state index < -0.39 is 47.3 Å². The lowest BCUT2D eigenvalue weighted by atomic mass is 10.3. The number of rotatable bonds is 0. The Labute approximate surface area is 113 Å². The first-order chi connectivity index (χ1) is 9.22. The fraction of sp³-hybridized carbons (Fsp3) is 0. The maximum absolute atomic E-state index is 10.3. The van der Waals surface area contributed by atoms with Crippen molar-refractivity contribution in [2.45, 2.75) is 0 Å². The zero-order chi connectivity index (χ0) is 15.4. The van der Waals surface area contributed by atoms with E-state index in [0.717, 1.165) is 0 Å². The van der Waals surface area contributed by atoms with E-state index in [0.29, 0.717) is 0 Å². The van der Waals surface area contributed by atoms with E-state index in [-0.39, 0.29) is 5.48 Å². The van der Waals surface area contributed by atoms with Crippen LogP contribution in [-0.2, 0) is 28.8 Å². The Kier molecular flexibility index (Phi) is 5.52. The van der Waals surface area contributed by atoms with Crippen molar-refractivity contribution in [3.8, 4) is 0 Å². The van der Waals surface area contributed by atoms with Crippen LogP contribution in [0.1, 0.15) is 0 Å². The predicted molar refractivity (Wildman–Crippen MR) is 57.0 cm³/mol. The van der Waals surface area contributed by atoms with Gasteiger partial charge in [0.25, 0.3) is 0 Å². The van der Waals surface area contributed by atoms with Crippen molar-refractivity contribution in [3.05, 3.63) is 0 Å². The minimum absolute atomic E-state index is 0. The van der Waals surface area contributed by atoms with E-state index in [9.17, 15) is 38.4 Å². The Balaban J connectivity index is 0.000000364. The smallest absolute Gasteiger partial charge is 0.328 e. The molecule has 0 atom stereocenters. The minimum atomic E-state index is -1.25. The number of carbonyl (C=O) groups is 8. The van der Waals surface area contributed by atoms with Gasteiger partial charge in [0.2, 0.25) is 0 Å². The number of nitrogens with one attached hydrogen (secondary N) is 4. The third kappa shape index (κ3) is 4.28. The Morgan fingerprint density at radius 2 is 0.619 bits per heavy atom. The van der Waals surface area contributed by atoms with Gasteiger partial charge in [0.15, 0.2) is 0 Å². The molecule has 0 saturated carbocycles. The first kappa shape index (κ1) is 17.5. The lowest BCUT2D eigenvalue weighted by Crippen LogP contribution is -2.56. The summed E-state index contributed by atoms with van der Waals surface area (Å²) in [5, 5.41) is 6.40. The number of amides is 8. The molecule has 8 amide bonds. The van der Waals surface area contributed by atoms with Crippen molar-refractivity contribution >= 4 is 47.3 Å². The minimum Gasteiger partial charge on any atom is -0.412 e. The molecule has 0 aromatic rings. The third-order valence-electron chi connectivity index (χ3n) is 1.73. The number of hydrogen-bond acceptors (Lipinski definition) is 8. The quantitative estimate of drug-likeness (QED) is 0.317. The van der Waals surface area contributed by atoms with Gasteiger partial charge in [-0.3, -0.25) is 50.0 Å². The molecule has 0 unspecified atom stereocenters. The van der Waals surface area contributed by atoms with E-state index >= 15 is 0 Å². The highest BCUT2D eigenvalue weighted by Gasteiger charge is 2.31. The molecule has 2 rings (SSSR count). The van der Waals surface area contributed by atoms with Crippen LogP contribution in [0.3, 0.4) is 0 Å². The fourth-order valence-electron chi connectivity index (χ4n) is 0.908.